The number of hydrogen-bond acceptors (Lipinski definition) is 17. The third-order valence-electron chi connectivity index (χ3n) is 17.8. The number of nitrogens with two attached hydrogens (primary N) is 2. The van der Waals surface area contributed by atoms with Crippen molar-refractivity contribution >= 4 is 98.1 Å². The van der Waals surface area contributed by atoms with Gasteiger partial charge in [0.15, 0.2) is 0 Å². The largest absolute Gasteiger partial charge is 0.351 e. The second kappa shape index (κ2) is 43.1. The van der Waals surface area contributed by atoms with Crippen LogP contribution in [0, 0.1) is 25.7 Å². The maximum Gasteiger partial charge on any atom is 0.244 e. The molecule has 5 aromatic rings. The smallest absolute Gasteiger partial charge is 0.244 e. The fourth-order valence-electron chi connectivity index (χ4n) is 12.0. The summed E-state index contributed by atoms with van der Waals surface area (Å²) in [6, 6.07) is 29.2. The Kier molecular flexibility index (Phi) is 34.7. The fraction of sp³-hybridized carbons (Fsp3) is 0.456. The Hall–Kier alpha value is -9.77. The van der Waals surface area contributed by atoms with Crippen molar-refractivity contribution in [3.63, 3.8) is 0 Å². The Morgan fingerprint density at radius 2 is 1.16 bits per heavy atom. The summed E-state index contributed by atoms with van der Waals surface area (Å²) < 4.78 is 0. The van der Waals surface area contributed by atoms with Crippen LogP contribution in [0.5, 0.6) is 0 Å². The first-order valence-corrected chi connectivity index (χ1v) is 38.6. The van der Waals surface area contributed by atoms with Gasteiger partial charge in [-0.15, -0.1) is 0 Å². The Morgan fingerprint density at radius 3 is 1.74 bits per heavy atom. The lowest BCUT2D eigenvalue weighted by atomic mass is 10.00. The Bertz CT molecular complexity index is 3880. The maximum absolute atomic E-state index is 14.4. The van der Waals surface area contributed by atoms with Gasteiger partial charge < -0.3 is 69.5 Å². The highest BCUT2D eigenvalue weighted by molar-refractivity contribution is 8.76. The minimum atomic E-state index is -1.50. The molecule has 107 heavy (non-hydrogen) atoms. The van der Waals surface area contributed by atoms with Gasteiger partial charge in [0.2, 0.25) is 65.0 Å². The number of amides is 11. The molecule has 2 aliphatic heterocycles. The summed E-state index contributed by atoms with van der Waals surface area (Å²) in [5, 5.41) is 27.3. The van der Waals surface area contributed by atoms with Crippen LogP contribution in [0.3, 0.4) is 0 Å². The van der Waals surface area contributed by atoms with E-state index in [1.807, 2.05) is 131 Å². The number of Topliss-reactive ketones (excluding diaryl/α,β-unsaturated/α-hetero) is 2. The average molecular weight is 1510 g/mol. The molecule has 11 amide bonds. The fourth-order valence-corrected chi connectivity index (χ4v) is 14.5. The van der Waals surface area contributed by atoms with E-state index in [9.17, 15) is 62.3 Å². The van der Waals surface area contributed by atoms with Gasteiger partial charge in [-0.1, -0.05) is 188 Å². The molecule has 2 heterocycles. The Balaban J connectivity index is 0.000000396. The molecular weight excluding hydrogens is 1400 g/mol. The van der Waals surface area contributed by atoms with Crippen molar-refractivity contribution in [1.82, 2.24) is 58.1 Å². The monoisotopic (exact) mass is 1510 g/mol. The van der Waals surface area contributed by atoms with Gasteiger partial charge in [-0.3, -0.25) is 62.3 Å². The molecule has 28 heteroatoms. The second-order valence-electron chi connectivity index (χ2n) is 28.2. The highest BCUT2D eigenvalue weighted by Crippen LogP contribution is 2.26. The zero-order valence-corrected chi connectivity index (χ0v) is 64.3. The summed E-state index contributed by atoms with van der Waals surface area (Å²) in [5.41, 5.74) is 19.9. The van der Waals surface area contributed by atoms with Gasteiger partial charge in [0.1, 0.15) is 59.9 Å². The molecule has 2 fully saturated rings. The molecule has 7 rings (SSSR count). The van der Waals surface area contributed by atoms with Crippen molar-refractivity contribution in [3.8, 4) is 11.1 Å². The summed E-state index contributed by atoms with van der Waals surface area (Å²) in [4.78, 5) is 175. The number of nitrogens with zero attached hydrogens (tertiary/aromatic N) is 1. The van der Waals surface area contributed by atoms with Gasteiger partial charge in [-0.25, -0.2) is 0 Å². The van der Waals surface area contributed by atoms with Crippen LogP contribution in [0.2, 0.25) is 0 Å². The van der Waals surface area contributed by atoms with Crippen LogP contribution in [0.1, 0.15) is 126 Å². The van der Waals surface area contributed by atoms with Crippen LogP contribution >= 0.6 is 21.6 Å². The molecule has 26 nitrogen and oxygen atoms in total. The second-order valence-corrected chi connectivity index (χ2v) is 30.7. The molecule has 10 atom stereocenters. The lowest BCUT2D eigenvalue weighted by molar-refractivity contribution is -0.140. The predicted octanol–water partition coefficient (Wildman–Crippen LogP) is 4.17. The summed E-state index contributed by atoms with van der Waals surface area (Å²) in [5.74, 6) is -7.17. The SMILES string of the molecule is CC(=O)C[C@@H]1NC(=O)[C@@H](NC(=O)[C@@H]2CCCN2C(=O)[C@@H](N)CC(C)C)CSSC[C@@H](C)NC(=O)C(C(C)C)NC(=O)CNC(=O)[C@H](Cc2ccc(C)cc2)NC(=O)[C@H](Cc2ccc(C)cc2)NC1=O.CC(=O)C[C@H](NC(=O)[C@H](Cc1ccc(-c2ccccc2)cc1)NC(C)=O)C(=O)NCc1cccc(CN)c1. The maximum atomic E-state index is 14.4. The summed E-state index contributed by atoms with van der Waals surface area (Å²) in [6.45, 7) is 17.3. The lowest BCUT2D eigenvalue weighted by Gasteiger charge is -2.29. The number of carbonyl (C=O) groups excluding carboxylic acids is 13. The number of aryl methyl sites for hydroxylation is 2. The van der Waals surface area contributed by atoms with E-state index in [1.165, 1.54) is 47.3 Å². The van der Waals surface area contributed by atoms with Crippen LogP contribution in [0.25, 0.3) is 11.1 Å². The molecular formula is C79H105N13O13S2. The molecule has 2 saturated heterocycles. The quantitative estimate of drug-likeness (QED) is 0.0386. The van der Waals surface area contributed by atoms with Crippen molar-refractivity contribution in [1.29, 1.82) is 0 Å². The molecule has 0 saturated carbocycles. The minimum absolute atomic E-state index is 0.00324. The molecule has 0 bridgehead atoms. The molecule has 0 spiro atoms. The normalized spacial score (nSPS) is 20.2. The van der Waals surface area contributed by atoms with Crippen LogP contribution < -0.4 is 64.6 Å². The Labute approximate surface area is 634 Å². The number of carbonyl (C=O) groups is 13. The highest BCUT2D eigenvalue weighted by atomic mass is 33.1. The molecule has 14 N–H and O–H groups in total. The Morgan fingerprint density at radius 1 is 0.589 bits per heavy atom. The molecule has 5 aromatic carbocycles. The standard InChI is InChI=1S/C49H71N9O9S2.C30H34N4O4/c1-27(2)20-35(50)49(67)58-19-9-10-40(58)47(65)56-39-26-69-68-25-31(7)52-48(66)42(28(3)4)57-41(60)24-51-43(61)37(22-33-15-11-29(5)12-16-33)54-45(63)38(23-34-17-13-30(6)14-18-34)55-44(62)36(21-32(8)59)53-46(39)64;1-20(35)15-27(29(37)32-19-24-8-6-7-23(16-24)18-31)34-30(38)28(33-21(2)36)17-22-11-13-26(14-12-22)25-9-4-3-5-10-25/h11-18,27-28,31,35-40,42H,9-10,19-26,50H2,1-8H3,(H,51,61)(H,52,66)(H,53,64)(H,54,63)(H,55,62)(H,56,65)(H,57,60);3-14,16,27-28H,15,17-19,31H2,1-2H3,(H,32,37)(H,33,36)(H,34,38)/t31-,35+,36+,37+,38+,39+,40+,42?;27-,28-/m10/s1. The number of rotatable bonds is 24. The third kappa shape index (κ3) is 29.1. The van der Waals surface area contributed by atoms with Gasteiger partial charge in [0.25, 0.3) is 0 Å². The lowest BCUT2D eigenvalue weighted by Crippen LogP contribution is -2.60. The number of hydrogen-bond donors (Lipinski definition) is 12. The van der Waals surface area contributed by atoms with Crippen LogP contribution in [-0.2, 0) is 94.7 Å². The minimum Gasteiger partial charge on any atom is -0.351 e. The zero-order chi connectivity index (χ0) is 78.4. The van der Waals surface area contributed by atoms with Gasteiger partial charge in [0.05, 0.1) is 12.6 Å². The predicted molar refractivity (Wildman–Crippen MR) is 414 cm³/mol. The van der Waals surface area contributed by atoms with E-state index in [-0.39, 0.29) is 67.4 Å². The zero-order valence-electron chi connectivity index (χ0n) is 62.7. The van der Waals surface area contributed by atoms with E-state index >= 15 is 0 Å². The van der Waals surface area contributed by atoms with E-state index in [0.29, 0.717) is 49.2 Å². The number of benzene rings is 5. The van der Waals surface area contributed by atoms with E-state index in [4.69, 9.17) is 11.5 Å². The first-order valence-electron chi connectivity index (χ1n) is 36.1. The topological polar surface area (TPSA) is 397 Å². The third-order valence-corrected chi connectivity index (χ3v) is 20.3. The van der Waals surface area contributed by atoms with Crippen molar-refractivity contribution in [2.75, 3.05) is 24.6 Å². The molecule has 0 aromatic heterocycles. The first-order chi connectivity index (χ1) is 50.9. The van der Waals surface area contributed by atoms with Gasteiger partial charge >= 0.3 is 0 Å². The van der Waals surface area contributed by atoms with E-state index in [2.05, 4.69) is 53.2 Å². The molecule has 1 unspecified atom stereocenters. The van der Waals surface area contributed by atoms with Crippen molar-refractivity contribution in [2.24, 2.45) is 23.3 Å². The average Bonchev–Trinajstić information content (AvgIpc) is 1.80. The van der Waals surface area contributed by atoms with E-state index in [0.717, 1.165) is 38.9 Å². The summed E-state index contributed by atoms with van der Waals surface area (Å²) >= 11 is 0. The molecule has 0 radical (unpaired) electrons. The van der Waals surface area contributed by atoms with Crippen molar-refractivity contribution in [2.45, 2.75) is 194 Å². The number of likely N-dealkylation sites (tertiary alicyclic amines) is 1. The van der Waals surface area contributed by atoms with Crippen LogP contribution in [0.4, 0.5) is 0 Å². The molecule has 576 valence electrons. The molecule has 2 aliphatic rings. The van der Waals surface area contributed by atoms with Crippen molar-refractivity contribution in [3.05, 3.63) is 166 Å². The van der Waals surface area contributed by atoms with Gasteiger partial charge in [0, 0.05) is 76.2 Å². The van der Waals surface area contributed by atoms with Gasteiger partial charge in [-0.2, -0.15) is 0 Å². The number of nitrogens with one attached hydrogen (secondary N) is 10. The van der Waals surface area contributed by atoms with E-state index in [1.54, 1.807) is 45.0 Å². The van der Waals surface area contributed by atoms with E-state index < -0.39 is 132 Å². The summed E-state index contributed by atoms with van der Waals surface area (Å²) in [6.07, 6.45) is 0.839. The summed E-state index contributed by atoms with van der Waals surface area (Å²) in [7, 11) is 2.52. The van der Waals surface area contributed by atoms with Crippen molar-refractivity contribution < 1.29 is 62.3 Å². The highest BCUT2D eigenvalue weighted by Gasteiger charge is 2.40. The first kappa shape index (κ1) is 86.2. The molecule has 0 aliphatic carbocycles. The van der Waals surface area contributed by atoms with Crippen LogP contribution in [0.15, 0.2) is 127 Å². The van der Waals surface area contributed by atoms with Crippen LogP contribution in [-0.4, -0.2) is 166 Å². The van der Waals surface area contributed by atoms with Gasteiger partial charge in [-0.05, 0) is 105 Å². The number of ketones is 2.